The highest BCUT2D eigenvalue weighted by atomic mass is 16.2. The summed E-state index contributed by atoms with van der Waals surface area (Å²) in [5, 5.41) is 3.32. The summed E-state index contributed by atoms with van der Waals surface area (Å²) in [6.07, 6.45) is 7.58. The minimum absolute atomic E-state index is 0.0858. The van der Waals surface area contributed by atoms with Gasteiger partial charge in [0.15, 0.2) is 0 Å². The van der Waals surface area contributed by atoms with Gasteiger partial charge in [0.05, 0.1) is 6.04 Å². The summed E-state index contributed by atoms with van der Waals surface area (Å²) < 4.78 is 0. The van der Waals surface area contributed by atoms with E-state index in [0.717, 1.165) is 44.3 Å². The van der Waals surface area contributed by atoms with Crippen LogP contribution in [0.1, 0.15) is 52.4 Å². The normalized spacial score (nSPS) is 33.8. The highest BCUT2D eigenvalue weighted by molar-refractivity contribution is 5.82. The standard InChI is InChI=1S/C15H28N2O/c1-3-16-14-9-6-10-17(15(14)18)11-13-8-5-4-7-12(13)2/h12-14,16H,3-11H2,1-2H3. The van der Waals surface area contributed by atoms with Gasteiger partial charge in [0.2, 0.25) is 5.91 Å². The molecule has 0 spiro atoms. The molecule has 2 aliphatic rings. The molecule has 3 atom stereocenters. The van der Waals surface area contributed by atoms with Gasteiger partial charge in [-0.05, 0) is 37.6 Å². The molecule has 1 aliphatic heterocycles. The molecule has 1 amide bonds. The van der Waals surface area contributed by atoms with E-state index in [1.807, 2.05) is 0 Å². The molecule has 1 N–H and O–H groups in total. The minimum atomic E-state index is 0.0858. The molecule has 0 bridgehead atoms. The van der Waals surface area contributed by atoms with Gasteiger partial charge in [0.1, 0.15) is 0 Å². The number of likely N-dealkylation sites (tertiary alicyclic amines) is 1. The van der Waals surface area contributed by atoms with Gasteiger partial charge >= 0.3 is 0 Å². The van der Waals surface area contributed by atoms with E-state index in [2.05, 4.69) is 24.1 Å². The molecule has 3 unspecified atom stereocenters. The largest absolute Gasteiger partial charge is 0.341 e. The van der Waals surface area contributed by atoms with Gasteiger partial charge in [0, 0.05) is 13.1 Å². The number of rotatable bonds is 4. The quantitative estimate of drug-likeness (QED) is 0.833. The molecule has 0 aromatic heterocycles. The maximum absolute atomic E-state index is 12.4. The number of hydrogen-bond acceptors (Lipinski definition) is 2. The van der Waals surface area contributed by atoms with Crippen LogP contribution in [0.25, 0.3) is 0 Å². The Kier molecular flexibility index (Phi) is 5.04. The zero-order valence-corrected chi connectivity index (χ0v) is 12.0. The zero-order chi connectivity index (χ0) is 13.0. The maximum atomic E-state index is 12.4. The van der Waals surface area contributed by atoms with Crippen molar-refractivity contribution in [3.8, 4) is 0 Å². The van der Waals surface area contributed by atoms with Crippen LogP contribution in [-0.4, -0.2) is 36.5 Å². The predicted octanol–water partition coefficient (Wildman–Crippen LogP) is 2.41. The average Bonchev–Trinajstić information content (AvgIpc) is 2.37. The van der Waals surface area contributed by atoms with Crippen LogP contribution in [0.5, 0.6) is 0 Å². The van der Waals surface area contributed by atoms with Crippen LogP contribution < -0.4 is 5.32 Å². The van der Waals surface area contributed by atoms with Crippen LogP contribution in [0.2, 0.25) is 0 Å². The third kappa shape index (κ3) is 3.25. The van der Waals surface area contributed by atoms with E-state index >= 15 is 0 Å². The van der Waals surface area contributed by atoms with Gasteiger partial charge in [-0.2, -0.15) is 0 Å². The van der Waals surface area contributed by atoms with Gasteiger partial charge in [-0.25, -0.2) is 0 Å². The van der Waals surface area contributed by atoms with E-state index in [0.29, 0.717) is 5.91 Å². The molecule has 2 fully saturated rings. The van der Waals surface area contributed by atoms with Crippen molar-refractivity contribution in [3.05, 3.63) is 0 Å². The van der Waals surface area contributed by atoms with Gasteiger partial charge < -0.3 is 10.2 Å². The van der Waals surface area contributed by atoms with E-state index < -0.39 is 0 Å². The number of carbonyl (C=O) groups is 1. The average molecular weight is 252 g/mol. The molecule has 18 heavy (non-hydrogen) atoms. The number of nitrogens with one attached hydrogen (secondary N) is 1. The van der Waals surface area contributed by atoms with Crippen molar-refractivity contribution in [2.75, 3.05) is 19.6 Å². The van der Waals surface area contributed by atoms with Crippen molar-refractivity contribution in [2.24, 2.45) is 11.8 Å². The van der Waals surface area contributed by atoms with Crippen LogP contribution in [-0.2, 0) is 4.79 Å². The Balaban J connectivity index is 1.89. The Morgan fingerprint density at radius 1 is 1.22 bits per heavy atom. The molecular weight excluding hydrogens is 224 g/mol. The lowest BCUT2D eigenvalue weighted by molar-refractivity contribution is -0.137. The van der Waals surface area contributed by atoms with Crippen LogP contribution >= 0.6 is 0 Å². The Hall–Kier alpha value is -0.570. The van der Waals surface area contributed by atoms with Crippen LogP contribution in [0.4, 0.5) is 0 Å². The van der Waals surface area contributed by atoms with Crippen molar-refractivity contribution in [1.82, 2.24) is 10.2 Å². The Morgan fingerprint density at radius 3 is 2.72 bits per heavy atom. The van der Waals surface area contributed by atoms with E-state index in [4.69, 9.17) is 0 Å². The summed E-state index contributed by atoms with van der Waals surface area (Å²) in [6, 6.07) is 0.0858. The Labute approximate surface area is 111 Å². The summed E-state index contributed by atoms with van der Waals surface area (Å²) in [5.74, 6) is 1.88. The fraction of sp³-hybridized carbons (Fsp3) is 0.933. The summed E-state index contributed by atoms with van der Waals surface area (Å²) >= 11 is 0. The number of hydrogen-bond donors (Lipinski definition) is 1. The summed E-state index contributed by atoms with van der Waals surface area (Å²) in [6.45, 7) is 7.31. The molecule has 1 aliphatic carbocycles. The van der Waals surface area contributed by atoms with Gasteiger partial charge in [-0.15, -0.1) is 0 Å². The molecule has 0 aromatic carbocycles. The summed E-state index contributed by atoms with van der Waals surface area (Å²) in [4.78, 5) is 14.5. The second-order valence-electron chi connectivity index (χ2n) is 6.06. The monoisotopic (exact) mass is 252 g/mol. The number of piperidine rings is 1. The van der Waals surface area contributed by atoms with Crippen molar-refractivity contribution in [3.63, 3.8) is 0 Å². The first kappa shape index (κ1) is 13.9. The van der Waals surface area contributed by atoms with Crippen LogP contribution in [0.15, 0.2) is 0 Å². The van der Waals surface area contributed by atoms with Gasteiger partial charge in [0.25, 0.3) is 0 Å². The third-order valence-corrected chi connectivity index (χ3v) is 4.73. The van der Waals surface area contributed by atoms with E-state index in [1.54, 1.807) is 0 Å². The highest BCUT2D eigenvalue weighted by Gasteiger charge is 2.31. The zero-order valence-electron chi connectivity index (χ0n) is 12.0. The first-order chi connectivity index (χ1) is 8.72. The number of likely N-dealkylation sites (N-methyl/N-ethyl adjacent to an activating group) is 1. The summed E-state index contributed by atoms with van der Waals surface area (Å²) in [5.41, 5.74) is 0. The van der Waals surface area contributed by atoms with Crippen molar-refractivity contribution < 1.29 is 4.79 Å². The number of amides is 1. The number of nitrogens with zero attached hydrogens (tertiary/aromatic N) is 1. The van der Waals surface area contributed by atoms with E-state index in [9.17, 15) is 4.79 Å². The lowest BCUT2D eigenvalue weighted by Crippen LogP contribution is -2.52. The van der Waals surface area contributed by atoms with Crippen LogP contribution in [0, 0.1) is 11.8 Å². The lowest BCUT2D eigenvalue weighted by Gasteiger charge is -2.38. The summed E-state index contributed by atoms with van der Waals surface area (Å²) in [7, 11) is 0. The molecule has 104 valence electrons. The molecule has 1 heterocycles. The Morgan fingerprint density at radius 2 is 2.00 bits per heavy atom. The van der Waals surface area contributed by atoms with E-state index in [-0.39, 0.29) is 6.04 Å². The molecule has 0 aromatic rings. The first-order valence-corrected chi connectivity index (χ1v) is 7.74. The molecule has 1 saturated carbocycles. The molecular formula is C15H28N2O. The molecule has 3 heteroatoms. The fourth-order valence-corrected chi connectivity index (χ4v) is 3.50. The fourth-order valence-electron chi connectivity index (χ4n) is 3.50. The molecule has 3 nitrogen and oxygen atoms in total. The number of carbonyl (C=O) groups excluding carboxylic acids is 1. The topological polar surface area (TPSA) is 32.3 Å². The molecule has 2 rings (SSSR count). The SMILES string of the molecule is CCNC1CCCN(CC2CCCCC2C)C1=O. The molecule has 1 saturated heterocycles. The Bertz CT molecular complexity index is 278. The second kappa shape index (κ2) is 6.55. The minimum Gasteiger partial charge on any atom is -0.341 e. The van der Waals surface area contributed by atoms with Crippen molar-refractivity contribution >= 4 is 5.91 Å². The van der Waals surface area contributed by atoms with E-state index in [1.165, 1.54) is 25.7 Å². The van der Waals surface area contributed by atoms with Crippen molar-refractivity contribution in [2.45, 2.75) is 58.4 Å². The first-order valence-electron chi connectivity index (χ1n) is 7.74. The molecule has 0 radical (unpaired) electrons. The smallest absolute Gasteiger partial charge is 0.239 e. The van der Waals surface area contributed by atoms with Gasteiger partial charge in [-0.3, -0.25) is 4.79 Å². The third-order valence-electron chi connectivity index (χ3n) is 4.73. The van der Waals surface area contributed by atoms with Crippen LogP contribution in [0.3, 0.4) is 0 Å². The van der Waals surface area contributed by atoms with Crippen molar-refractivity contribution in [1.29, 1.82) is 0 Å². The predicted molar refractivity (Wildman–Crippen MR) is 74.4 cm³/mol. The highest BCUT2D eigenvalue weighted by Crippen LogP contribution is 2.30. The second-order valence-corrected chi connectivity index (χ2v) is 6.06. The lowest BCUT2D eigenvalue weighted by atomic mass is 9.80. The maximum Gasteiger partial charge on any atom is 0.239 e. The van der Waals surface area contributed by atoms with Gasteiger partial charge in [-0.1, -0.05) is 33.1 Å².